The van der Waals surface area contributed by atoms with Crippen molar-refractivity contribution in [1.82, 2.24) is 0 Å². The van der Waals surface area contributed by atoms with E-state index in [4.69, 9.17) is 19.9 Å². The number of rotatable bonds is 5. The van der Waals surface area contributed by atoms with Crippen LogP contribution in [0.1, 0.15) is 52.4 Å². The van der Waals surface area contributed by atoms with E-state index in [1.807, 2.05) is 6.92 Å². The Balaban J connectivity index is 1.27. The number of aliphatic hydroxyl groups excluding tert-OH is 1. The Morgan fingerprint density at radius 3 is 2.59 bits per heavy atom. The smallest absolute Gasteiger partial charge is 0.205 e. The highest BCUT2D eigenvalue weighted by Crippen LogP contribution is 2.72. The van der Waals surface area contributed by atoms with Gasteiger partial charge < -0.3 is 25.1 Å². The standard InChI is InChI=1S/C32H37F2NO6/c1-29-11-10-19(36)12-23(29)24(33)13-22-21-14-27-32(41-28(40-27)17-4-3-5-17,30(21,2)15-25(37)31(22,29)34)26(38)16-39-20-8-6-18(35)7-9-20/h6-12,17,21-22,24-25,27-28,37H,3-5,13-16,35H2,1-2H3/t21-,22-,24-,25-,27+,28+,29-,30-,31-,32+/m0/s1. The van der Waals surface area contributed by atoms with Gasteiger partial charge in [0.15, 0.2) is 23.3 Å². The topological polar surface area (TPSA) is 108 Å². The lowest BCUT2D eigenvalue weighted by Crippen LogP contribution is -2.71. The van der Waals surface area contributed by atoms with E-state index >= 15 is 8.78 Å². The summed E-state index contributed by atoms with van der Waals surface area (Å²) in [5.41, 5.74) is 0.180. The first-order chi connectivity index (χ1) is 19.4. The van der Waals surface area contributed by atoms with Crippen LogP contribution in [0.15, 0.2) is 48.1 Å². The van der Waals surface area contributed by atoms with Gasteiger partial charge in [-0.15, -0.1) is 0 Å². The SMILES string of the molecule is C[C@]12C=CC(=O)C=C1[C@@H](F)C[C@H]1[C@@H]3C[C@H]4O[C@@H](C5CCC5)O[C@@]4(C(=O)COc4ccc(N)cc4)[C@@]3(C)C[C@H](O)[C@@]12F. The molecule has 41 heavy (non-hydrogen) atoms. The second-order valence-corrected chi connectivity index (χ2v) is 13.4. The van der Waals surface area contributed by atoms with Crippen molar-refractivity contribution in [1.29, 1.82) is 0 Å². The molecule has 1 aliphatic heterocycles. The number of carbonyl (C=O) groups is 2. The molecular weight excluding hydrogens is 532 g/mol. The van der Waals surface area contributed by atoms with Gasteiger partial charge in [-0.25, -0.2) is 8.78 Å². The molecule has 5 fully saturated rings. The predicted octanol–water partition coefficient (Wildman–Crippen LogP) is 4.43. The highest BCUT2D eigenvalue weighted by Gasteiger charge is 2.80. The summed E-state index contributed by atoms with van der Waals surface area (Å²) in [5.74, 6) is -1.50. The van der Waals surface area contributed by atoms with E-state index in [0.717, 1.165) is 19.3 Å². The molecule has 9 heteroatoms. The number of fused-ring (bicyclic) bond motifs is 7. The van der Waals surface area contributed by atoms with E-state index in [9.17, 15) is 14.7 Å². The molecule has 1 aromatic carbocycles. The number of benzene rings is 1. The molecule has 1 heterocycles. The number of halogens is 2. The summed E-state index contributed by atoms with van der Waals surface area (Å²) >= 11 is 0. The highest BCUT2D eigenvalue weighted by atomic mass is 19.1. The van der Waals surface area contributed by atoms with E-state index in [1.165, 1.54) is 18.2 Å². The second kappa shape index (κ2) is 8.94. The molecular formula is C32H37F2NO6. The van der Waals surface area contributed by atoms with Crippen LogP contribution in [0.2, 0.25) is 0 Å². The van der Waals surface area contributed by atoms with Crippen LogP contribution in [-0.2, 0) is 19.1 Å². The maximum atomic E-state index is 17.6. The lowest BCUT2D eigenvalue weighted by molar-refractivity contribution is -0.240. The molecule has 220 valence electrons. The van der Waals surface area contributed by atoms with Gasteiger partial charge in [-0.3, -0.25) is 9.59 Å². The fourth-order valence-corrected chi connectivity index (χ4v) is 9.22. The number of ether oxygens (including phenoxy) is 3. The molecule has 4 saturated carbocycles. The Hall–Kier alpha value is -2.62. The van der Waals surface area contributed by atoms with E-state index in [2.05, 4.69) is 0 Å². The summed E-state index contributed by atoms with van der Waals surface area (Å²) in [4.78, 5) is 26.4. The van der Waals surface area contributed by atoms with Gasteiger partial charge in [-0.2, -0.15) is 0 Å². The summed E-state index contributed by atoms with van der Waals surface area (Å²) < 4.78 is 52.5. The van der Waals surface area contributed by atoms with Crippen LogP contribution in [0.3, 0.4) is 0 Å². The van der Waals surface area contributed by atoms with Gasteiger partial charge in [0.2, 0.25) is 5.78 Å². The number of allylic oxidation sites excluding steroid dienone is 4. The molecule has 6 aliphatic rings. The summed E-state index contributed by atoms with van der Waals surface area (Å²) in [6.45, 7) is 3.14. The number of carbonyl (C=O) groups excluding carboxylic acids is 2. The van der Waals surface area contributed by atoms with Crippen LogP contribution in [0, 0.1) is 28.6 Å². The van der Waals surface area contributed by atoms with E-state index < -0.39 is 58.6 Å². The molecule has 5 aliphatic carbocycles. The Labute approximate surface area is 238 Å². The molecule has 10 atom stereocenters. The van der Waals surface area contributed by atoms with Crippen molar-refractivity contribution in [2.75, 3.05) is 12.3 Å². The van der Waals surface area contributed by atoms with Crippen LogP contribution < -0.4 is 10.5 Å². The van der Waals surface area contributed by atoms with E-state index in [1.54, 1.807) is 31.2 Å². The third kappa shape index (κ3) is 3.45. The van der Waals surface area contributed by atoms with Crippen molar-refractivity contribution < 1.29 is 37.7 Å². The molecule has 3 N–H and O–H groups in total. The zero-order chi connectivity index (χ0) is 28.9. The van der Waals surface area contributed by atoms with Crippen LogP contribution in [0.25, 0.3) is 0 Å². The van der Waals surface area contributed by atoms with Gasteiger partial charge in [0.25, 0.3) is 0 Å². The maximum absolute atomic E-state index is 17.6. The fraction of sp³-hybridized carbons (Fsp3) is 0.625. The lowest BCUT2D eigenvalue weighted by Gasteiger charge is -2.63. The zero-order valence-corrected chi connectivity index (χ0v) is 23.4. The molecule has 7 rings (SSSR count). The Morgan fingerprint density at radius 1 is 1.17 bits per heavy atom. The predicted molar refractivity (Wildman–Crippen MR) is 145 cm³/mol. The number of anilines is 1. The van der Waals surface area contributed by atoms with Crippen molar-refractivity contribution in [2.45, 2.75) is 88.3 Å². The number of hydrogen-bond donors (Lipinski definition) is 2. The molecule has 1 aromatic rings. The first-order valence-corrected chi connectivity index (χ1v) is 14.8. The first-order valence-electron chi connectivity index (χ1n) is 14.8. The van der Waals surface area contributed by atoms with Gasteiger partial charge >= 0.3 is 0 Å². The van der Waals surface area contributed by atoms with Gasteiger partial charge in [-0.05, 0) is 86.9 Å². The van der Waals surface area contributed by atoms with Crippen molar-refractivity contribution in [2.24, 2.45) is 28.6 Å². The molecule has 0 amide bonds. The van der Waals surface area contributed by atoms with Gasteiger partial charge in [-0.1, -0.05) is 19.4 Å². The Kier molecular flexibility index (Phi) is 5.94. The average Bonchev–Trinajstić information content (AvgIpc) is 3.38. The average molecular weight is 570 g/mol. The monoisotopic (exact) mass is 569 g/mol. The number of alkyl halides is 2. The Morgan fingerprint density at radius 2 is 1.90 bits per heavy atom. The zero-order valence-electron chi connectivity index (χ0n) is 23.4. The Bertz CT molecular complexity index is 1340. The largest absolute Gasteiger partial charge is 0.486 e. The van der Waals surface area contributed by atoms with Gasteiger partial charge in [0, 0.05) is 28.4 Å². The summed E-state index contributed by atoms with van der Waals surface area (Å²) in [6, 6.07) is 6.72. The molecule has 7 nitrogen and oxygen atoms in total. The number of ketones is 2. The summed E-state index contributed by atoms with van der Waals surface area (Å²) in [6.07, 6.45) is 2.52. The third-order valence-electron chi connectivity index (χ3n) is 11.6. The number of nitrogens with two attached hydrogens (primary N) is 1. The minimum atomic E-state index is -2.24. The number of aliphatic hydroxyl groups is 1. The number of hydrogen-bond acceptors (Lipinski definition) is 7. The fourth-order valence-electron chi connectivity index (χ4n) is 9.22. The highest BCUT2D eigenvalue weighted by molar-refractivity contribution is 6.01. The molecule has 0 unspecified atom stereocenters. The minimum absolute atomic E-state index is 0.0723. The first kappa shape index (κ1) is 27.2. The minimum Gasteiger partial charge on any atom is -0.486 e. The normalized spacial score (nSPS) is 46.6. The molecule has 1 saturated heterocycles. The van der Waals surface area contributed by atoms with Gasteiger partial charge in [0.1, 0.15) is 18.5 Å². The van der Waals surface area contributed by atoms with Crippen molar-refractivity contribution in [3.63, 3.8) is 0 Å². The lowest BCUT2D eigenvalue weighted by atomic mass is 9.44. The van der Waals surface area contributed by atoms with Crippen LogP contribution in [-0.4, -0.2) is 59.2 Å². The van der Waals surface area contributed by atoms with E-state index in [0.29, 0.717) is 17.9 Å². The van der Waals surface area contributed by atoms with Crippen molar-refractivity contribution in [3.8, 4) is 5.75 Å². The molecule has 0 aromatic heterocycles. The second-order valence-electron chi connectivity index (χ2n) is 13.4. The van der Waals surface area contributed by atoms with Crippen molar-refractivity contribution in [3.05, 3.63) is 48.1 Å². The number of nitrogen functional groups attached to an aromatic ring is 1. The van der Waals surface area contributed by atoms with Crippen LogP contribution in [0.4, 0.5) is 14.5 Å². The van der Waals surface area contributed by atoms with Crippen molar-refractivity contribution >= 4 is 17.3 Å². The number of Topliss-reactive ketones (excluding diaryl/α,β-unsaturated/α-hetero) is 1. The maximum Gasteiger partial charge on any atom is 0.205 e. The molecule has 0 radical (unpaired) electrons. The quantitative estimate of drug-likeness (QED) is 0.506. The van der Waals surface area contributed by atoms with Crippen LogP contribution in [0.5, 0.6) is 5.75 Å². The molecule has 0 bridgehead atoms. The third-order valence-corrected chi connectivity index (χ3v) is 11.6. The summed E-state index contributed by atoms with van der Waals surface area (Å²) in [7, 11) is 0. The molecule has 0 spiro atoms. The van der Waals surface area contributed by atoms with Crippen LogP contribution >= 0.6 is 0 Å². The van der Waals surface area contributed by atoms with E-state index in [-0.39, 0.29) is 42.5 Å². The summed E-state index contributed by atoms with van der Waals surface area (Å²) in [5, 5.41) is 11.7. The van der Waals surface area contributed by atoms with Gasteiger partial charge in [0.05, 0.1) is 12.2 Å².